The van der Waals surface area contributed by atoms with Crippen LogP contribution in [0.4, 0.5) is 0 Å². The summed E-state index contributed by atoms with van der Waals surface area (Å²) >= 11 is 0. The number of nitrogens with one attached hydrogen (secondary N) is 1. The number of aryl methyl sites for hydroxylation is 1. The van der Waals surface area contributed by atoms with Crippen molar-refractivity contribution in [2.45, 2.75) is 6.92 Å². The first-order chi connectivity index (χ1) is 7.72. The van der Waals surface area contributed by atoms with Gasteiger partial charge in [-0.2, -0.15) is 0 Å². The predicted octanol–water partition coefficient (Wildman–Crippen LogP) is 0.935. The molecule has 1 N–H and O–H groups in total. The first kappa shape index (κ1) is 10.4. The minimum absolute atomic E-state index is 0.195. The quantitative estimate of drug-likeness (QED) is 0.812. The molecule has 0 bridgehead atoms. The van der Waals surface area contributed by atoms with Gasteiger partial charge in [-0.1, -0.05) is 0 Å². The summed E-state index contributed by atoms with van der Waals surface area (Å²) < 4.78 is 1.90. The number of nitrogens with zero attached hydrogens (tertiary/aromatic N) is 3. The zero-order valence-electron chi connectivity index (χ0n) is 9.14. The minimum atomic E-state index is -0.195. The third kappa shape index (κ3) is 1.79. The number of imidazole rings is 1. The van der Waals surface area contributed by atoms with Crippen molar-refractivity contribution in [2.75, 3.05) is 7.05 Å². The maximum atomic E-state index is 11.4. The molecule has 5 nitrogen and oxygen atoms in total. The van der Waals surface area contributed by atoms with E-state index in [4.69, 9.17) is 0 Å². The maximum Gasteiger partial charge on any atom is 0.269 e. The number of aromatic nitrogens is 3. The zero-order valence-corrected chi connectivity index (χ0v) is 9.14. The van der Waals surface area contributed by atoms with Gasteiger partial charge in [-0.15, -0.1) is 0 Å². The van der Waals surface area contributed by atoms with Gasteiger partial charge in [0.2, 0.25) is 0 Å². The van der Waals surface area contributed by atoms with E-state index in [1.54, 1.807) is 25.5 Å². The largest absolute Gasteiger partial charge is 0.354 e. The van der Waals surface area contributed by atoms with Crippen LogP contribution in [0.15, 0.2) is 30.7 Å². The normalized spacial score (nSPS) is 10.1. The van der Waals surface area contributed by atoms with Crippen molar-refractivity contribution >= 4 is 5.91 Å². The van der Waals surface area contributed by atoms with Gasteiger partial charge in [-0.05, 0) is 19.1 Å². The molecule has 0 saturated heterocycles. The van der Waals surface area contributed by atoms with E-state index < -0.39 is 0 Å². The fourth-order valence-corrected chi connectivity index (χ4v) is 1.47. The van der Waals surface area contributed by atoms with Gasteiger partial charge in [0.15, 0.2) is 0 Å². The van der Waals surface area contributed by atoms with Crippen LogP contribution in [0.2, 0.25) is 0 Å². The molecule has 5 heteroatoms. The summed E-state index contributed by atoms with van der Waals surface area (Å²) in [4.78, 5) is 19.6. The Balaban J connectivity index is 2.44. The van der Waals surface area contributed by atoms with Crippen LogP contribution in [0.5, 0.6) is 0 Å². The van der Waals surface area contributed by atoms with Crippen molar-refractivity contribution in [2.24, 2.45) is 0 Å². The van der Waals surface area contributed by atoms with E-state index >= 15 is 0 Å². The molecule has 0 unspecified atom stereocenters. The molecule has 0 aliphatic rings. The SMILES string of the molecule is CNC(=O)c1cc(-n2ccnc2C)ccn1. The molecule has 2 aromatic heterocycles. The second-order valence-corrected chi connectivity index (χ2v) is 3.32. The Hall–Kier alpha value is -2.17. The van der Waals surface area contributed by atoms with E-state index in [1.165, 1.54) is 0 Å². The summed E-state index contributed by atoms with van der Waals surface area (Å²) in [6.07, 6.45) is 5.17. The highest BCUT2D eigenvalue weighted by Crippen LogP contribution is 2.10. The summed E-state index contributed by atoms with van der Waals surface area (Å²) in [5, 5.41) is 2.54. The molecule has 2 heterocycles. The van der Waals surface area contributed by atoms with E-state index in [2.05, 4.69) is 15.3 Å². The summed E-state index contributed by atoms with van der Waals surface area (Å²) in [6.45, 7) is 1.90. The van der Waals surface area contributed by atoms with Gasteiger partial charge in [-0.3, -0.25) is 9.78 Å². The molecule has 2 aromatic rings. The third-order valence-electron chi connectivity index (χ3n) is 2.31. The standard InChI is InChI=1S/C11H12N4O/c1-8-13-5-6-15(8)9-3-4-14-10(7-9)11(16)12-2/h3-7H,1-2H3,(H,12,16). The Bertz CT molecular complexity index is 518. The number of hydrogen-bond donors (Lipinski definition) is 1. The molecule has 82 valence electrons. The number of rotatable bonds is 2. The van der Waals surface area contributed by atoms with Crippen LogP contribution in [0.25, 0.3) is 5.69 Å². The second-order valence-electron chi connectivity index (χ2n) is 3.32. The Morgan fingerprint density at radius 1 is 1.38 bits per heavy atom. The van der Waals surface area contributed by atoms with E-state index in [1.807, 2.05) is 23.8 Å². The van der Waals surface area contributed by atoms with Crippen molar-refractivity contribution in [3.05, 3.63) is 42.2 Å². The molecule has 0 aliphatic carbocycles. The van der Waals surface area contributed by atoms with E-state index in [0.29, 0.717) is 5.69 Å². The lowest BCUT2D eigenvalue weighted by atomic mass is 10.3. The Morgan fingerprint density at radius 3 is 2.81 bits per heavy atom. The molecule has 2 rings (SSSR count). The molecule has 0 atom stereocenters. The minimum Gasteiger partial charge on any atom is -0.354 e. The van der Waals surface area contributed by atoms with Gasteiger partial charge in [0.25, 0.3) is 5.91 Å². The number of carbonyl (C=O) groups excluding carboxylic acids is 1. The van der Waals surface area contributed by atoms with Crippen LogP contribution >= 0.6 is 0 Å². The zero-order chi connectivity index (χ0) is 11.5. The van der Waals surface area contributed by atoms with Gasteiger partial charge in [0.05, 0.1) is 5.69 Å². The molecule has 1 amide bonds. The number of pyridine rings is 1. The number of carbonyl (C=O) groups is 1. The van der Waals surface area contributed by atoms with Crippen LogP contribution in [0, 0.1) is 6.92 Å². The molecule has 0 radical (unpaired) electrons. The molecule has 0 fully saturated rings. The predicted molar refractivity (Wildman–Crippen MR) is 59.5 cm³/mol. The first-order valence-electron chi connectivity index (χ1n) is 4.91. The first-order valence-corrected chi connectivity index (χ1v) is 4.91. The van der Waals surface area contributed by atoms with E-state index in [9.17, 15) is 4.79 Å². The Morgan fingerprint density at radius 2 is 2.19 bits per heavy atom. The number of hydrogen-bond acceptors (Lipinski definition) is 3. The monoisotopic (exact) mass is 216 g/mol. The van der Waals surface area contributed by atoms with Crippen molar-refractivity contribution in [1.82, 2.24) is 19.9 Å². The molecule has 16 heavy (non-hydrogen) atoms. The molecule has 0 aromatic carbocycles. The Labute approximate surface area is 93.2 Å². The van der Waals surface area contributed by atoms with Gasteiger partial charge >= 0.3 is 0 Å². The summed E-state index contributed by atoms with van der Waals surface area (Å²) in [6, 6.07) is 3.56. The Kier molecular flexibility index (Phi) is 2.68. The van der Waals surface area contributed by atoms with Crippen LogP contribution < -0.4 is 5.32 Å². The van der Waals surface area contributed by atoms with Crippen molar-refractivity contribution in [3.8, 4) is 5.69 Å². The molecular weight excluding hydrogens is 204 g/mol. The molecule has 0 spiro atoms. The summed E-state index contributed by atoms with van der Waals surface area (Å²) in [7, 11) is 1.58. The van der Waals surface area contributed by atoms with Crippen molar-refractivity contribution < 1.29 is 4.79 Å². The van der Waals surface area contributed by atoms with E-state index in [-0.39, 0.29) is 5.91 Å². The summed E-state index contributed by atoms with van der Waals surface area (Å²) in [5.41, 5.74) is 1.27. The topological polar surface area (TPSA) is 59.8 Å². The second kappa shape index (κ2) is 4.14. The lowest BCUT2D eigenvalue weighted by Crippen LogP contribution is -2.19. The fourth-order valence-electron chi connectivity index (χ4n) is 1.47. The van der Waals surface area contributed by atoms with Gasteiger partial charge in [-0.25, -0.2) is 4.98 Å². The van der Waals surface area contributed by atoms with Crippen LogP contribution in [-0.2, 0) is 0 Å². The highest BCUT2D eigenvalue weighted by molar-refractivity contribution is 5.92. The van der Waals surface area contributed by atoms with Crippen LogP contribution in [-0.4, -0.2) is 27.5 Å². The molecule has 0 aliphatic heterocycles. The maximum absolute atomic E-state index is 11.4. The average Bonchev–Trinajstić information content (AvgIpc) is 2.74. The fraction of sp³-hybridized carbons (Fsp3) is 0.182. The molecular formula is C11H12N4O. The van der Waals surface area contributed by atoms with Crippen molar-refractivity contribution in [3.63, 3.8) is 0 Å². The van der Waals surface area contributed by atoms with Crippen molar-refractivity contribution in [1.29, 1.82) is 0 Å². The third-order valence-corrected chi connectivity index (χ3v) is 2.31. The molecule has 0 saturated carbocycles. The highest BCUT2D eigenvalue weighted by Gasteiger charge is 2.07. The summed E-state index contributed by atoms with van der Waals surface area (Å²) in [5.74, 6) is 0.675. The van der Waals surface area contributed by atoms with Gasteiger partial charge in [0, 0.05) is 25.6 Å². The van der Waals surface area contributed by atoms with Crippen LogP contribution in [0.3, 0.4) is 0 Å². The average molecular weight is 216 g/mol. The number of amides is 1. The highest BCUT2D eigenvalue weighted by atomic mass is 16.1. The van der Waals surface area contributed by atoms with E-state index in [0.717, 1.165) is 11.5 Å². The lowest BCUT2D eigenvalue weighted by molar-refractivity contribution is 0.0958. The lowest BCUT2D eigenvalue weighted by Gasteiger charge is -2.06. The van der Waals surface area contributed by atoms with Gasteiger partial charge in [0.1, 0.15) is 11.5 Å². The van der Waals surface area contributed by atoms with Gasteiger partial charge < -0.3 is 9.88 Å². The smallest absolute Gasteiger partial charge is 0.269 e. The van der Waals surface area contributed by atoms with Crippen LogP contribution in [0.1, 0.15) is 16.3 Å².